The summed E-state index contributed by atoms with van der Waals surface area (Å²) < 4.78 is 57.7. The molecule has 0 radical (unpaired) electrons. The molecular formula is C15H32O6S2. The second-order valence-corrected chi connectivity index (χ2v) is 11.4. The van der Waals surface area contributed by atoms with Crippen molar-refractivity contribution in [3.05, 3.63) is 0 Å². The Labute approximate surface area is 142 Å². The Bertz CT molecular complexity index is 575. The Kier molecular flexibility index (Phi) is 7.74. The van der Waals surface area contributed by atoms with E-state index in [1.54, 1.807) is 48.5 Å². The highest BCUT2D eigenvalue weighted by Crippen LogP contribution is 2.28. The molecule has 140 valence electrons. The van der Waals surface area contributed by atoms with Crippen molar-refractivity contribution in [1.82, 2.24) is 0 Å². The van der Waals surface area contributed by atoms with Gasteiger partial charge in [0.25, 0.3) is 20.2 Å². The summed E-state index contributed by atoms with van der Waals surface area (Å²) in [5.74, 6) is 0. The van der Waals surface area contributed by atoms with Crippen LogP contribution in [0.1, 0.15) is 74.7 Å². The van der Waals surface area contributed by atoms with Gasteiger partial charge in [-0.05, 0) is 53.9 Å². The highest BCUT2D eigenvalue weighted by Gasteiger charge is 2.40. The highest BCUT2D eigenvalue weighted by atomic mass is 32.2. The standard InChI is InChI=1S/C15H32O6S2/c1-9-13(21-23(18,19)15(7,8)11-3)12(4)20-22(16,17)14(5,6)10-2/h12-13H,9-11H2,1-8H3. The van der Waals surface area contributed by atoms with Crippen molar-refractivity contribution < 1.29 is 25.2 Å². The summed E-state index contributed by atoms with van der Waals surface area (Å²) in [6.45, 7) is 13.1. The van der Waals surface area contributed by atoms with E-state index in [4.69, 9.17) is 8.37 Å². The van der Waals surface area contributed by atoms with Gasteiger partial charge in [-0.2, -0.15) is 16.8 Å². The molecule has 6 nitrogen and oxygen atoms in total. The highest BCUT2D eigenvalue weighted by molar-refractivity contribution is 7.88. The predicted octanol–water partition coefficient (Wildman–Crippen LogP) is 3.22. The normalized spacial score (nSPS) is 17.0. The Hall–Kier alpha value is -0.180. The Balaban J connectivity index is 5.29. The van der Waals surface area contributed by atoms with Crippen LogP contribution in [-0.4, -0.2) is 38.5 Å². The fraction of sp³-hybridized carbons (Fsp3) is 1.00. The zero-order valence-electron chi connectivity index (χ0n) is 15.5. The van der Waals surface area contributed by atoms with Gasteiger partial charge in [0.1, 0.15) is 12.2 Å². The summed E-state index contributed by atoms with van der Waals surface area (Å²) in [7, 11) is -7.67. The maximum atomic E-state index is 12.3. The number of hydrogen-bond donors (Lipinski definition) is 0. The van der Waals surface area contributed by atoms with Gasteiger partial charge in [0, 0.05) is 0 Å². The van der Waals surface area contributed by atoms with Gasteiger partial charge in [0.05, 0.1) is 9.49 Å². The minimum Gasteiger partial charge on any atom is -0.264 e. The molecule has 2 unspecified atom stereocenters. The van der Waals surface area contributed by atoms with Crippen LogP contribution in [0.15, 0.2) is 0 Å². The van der Waals surface area contributed by atoms with Crippen molar-refractivity contribution in [3.8, 4) is 0 Å². The van der Waals surface area contributed by atoms with Gasteiger partial charge < -0.3 is 0 Å². The molecule has 0 rings (SSSR count). The van der Waals surface area contributed by atoms with Crippen LogP contribution in [0.5, 0.6) is 0 Å². The molecule has 0 aliphatic rings. The van der Waals surface area contributed by atoms with Crippen molar-refractivity contribution in [1.29, 1.82) is 0 Å². The van der Waals surface area contributed by atoms with Crippen molar-refractivity contribution >= 4 is 20.2 Å². The molecule has 0 fully saturated rings. The lowest BCUT2D eigenvalue weighted by molar-refractivity contribution is 0.0669. The average Bonchev–Trinajstić information content (AvgIpc) is 2.43. The molecule has 0 saturated carbocycles. The number of hydrogen-bond acceptors (Lipinski definition) is 6. The van der Waals surface area contributed by atoms with Crippen LogP contribution >= 0.6 is 0 Å². The molecule has 2 atom stereocenters. The summed E-state index contributed by atoms with van der Waals surface area (Å²) in [6.07, 6.45) is -0.641. The summed E-state index contributed by atoms with van der Waals surface area (Å²) in [5, 5.41) is 0. The van der Waals surface area contributed by atoms with E-state index in [9.17, 15) is 16.8 Å². The van der Waals surface area contributed by atoms with Gasteiger partial charge in [-0.1, -0.05) is 20.8 Å². The molecule has 8 heteroatoms. The molecule has 0 N–H and O–H groups in total. The van der Waals surface area contributed by atoms with E-state index in [2.05, 4.69) is 0 Å². The summed E-state index contributed by atoms with van der Waals surface area (Å²) in [5.41, 5.74) is 0. The molecule has 0 heterocycles. The fourth-order valence-electron chi connectivity index (χ4n) is 1.52. The zero-order chi connectivity index (χ0) is 18.7. The first-order valence-electron chi connectivity index (χ1n) is 8.03. The molecule has 0 amide bonds. The van der Waals surface area contributed by atoms with Gasteiger partial charge in [0.2, 0.25) is 0 Å². The van der Waals surface area contributed by atoms with Crippen LogP contribution in [0.2, 0.25) is 0 Å². The Morgan fingerprint density at radius 3 is 1.43 bits per heavy atom. The lowest BCUT2D eigenvalue weighted by atomic mass is 10.1. The third-order valence-electron chi connectivity index (χ3n) is 4.51. The van der Waals surface area contributed by atoms with Gasteiger partial charge in [-0.15, -0.1) is 0 Å². The van der Waals surface area contributed by atoms with Gasteiger partial charge in [-0.25, -0.2) is 0 Å². The molecule has 0 aromatic heterocycles. The first-order valence-corrected chi connectivity index (χ1v) is 10.8. The van der Waals surface area contributed by atoms with Gasteiger partial charge >= 0.3 is 0 Å². The Morgan fingerprint density at radius 2 is 1.13 bits per heavy atom. The van der Waals surface area contributed by atoms with E-state index in [0.717, 1.165) is 0 Å². The summed E-state index contributed by atoms with van der Waals surface area (Å²) >= 11 is 0. The van der Waals surface area contributed by atoms with E-state index in [-0.39, 0.29) is 0 Å². The zero-order valence-corrected chi connectivity index (χ0v) is 17.2. The molecule has 0 saturated heterocycles. The van der Waals surface area contributed by atoms with Crippen LogP contribution < -0.4 is 0 Å². The first kappa shape index (κ1) is 22.8. The van der Waals surface area contributed by atoms with E-state index < -0.39 is 41.9 Å². The van der Waals surface area contributed by atoms with E-state index >= 15 is 0 Å². The molecule has 0 aliphatic heterocycles. The lowest BCUT2D eigenvalue weighted by Crippen LogP contribution is -2.42. The molecule has 0 aromatic rings. The van der Waals surface area contributed by atoms with E-state index in [1.807, 2.05) is 0 Å². The molecule has 0 aliphatic carbocycles. The predicted molar refractivity (Wildman–Crippen MR) is 92.3 cm³/mol. The molecule has 23 heavy (non-hydrogen) atoms. The Morgan fingerprint density at radius 1 is 0.783 bits per heavy atom. The quantitative estimate of drug-likeness (QED) is 0.547. The largest absolute Gasteiger partial charge is 0.272 e. The molecule has 0 aromatic carbocycles. The van der Waals surface area contributed by atoms with Gasteiger partial charge in [0.15, 0.2) is 0 Å². The molecular weight excluding hydrogens is 340 g/mol. The summed E-state index contributed by atoms with van der Waals surface area (Å²) in [6, 6.07) is 0. The molecule has 0 spiro atoms. The van der Waals surface area contributed by atoms with Crippen LogP contribution in [0, 0.1) is 0 Å². The SMILES string of the molecule is CCC(OS(=O)(=O)C(C)(C)CC)C(C)OS(=O)(=O)C(C)(C)CC. The van der Waals surface area contributed by atoms with Crippen LogP contribution in [-0.2, 0) is 28.6 Å². The monoisotopic (exact) mass is 372 g/mol. The maximum absolute atomic E-state index is 12.3. The van der Waals surface area contributed by atoms with Gasteiger partial charge in [-0.3, -0.25) is 8.37 Å². The van der Waals surface area contributed by atoms with Crippen molar-refractivity contribution in [2.75, 3.05) is 0 Å². The van der Waals surface area contributed by atoms with Crippen LogP contribution in [0.3, 0.4) is 0 Å². The second kappa shape index (κ2) is 7.80. The van der Waals surface area contributed by atoms with E-state index in [0.29, 0.717) is 19.3 Å². The van der Waals surface area contributed by atoms with E-state index in [1.165, 1.54) is 6.92 Å². The minimum atomic E-state index is -3.84. The smallest absolute Gasteiger partial charge is 0.264 e. The van der Waals surface area contributed by atoms with Crippen molar-refractivity contribution in [2.24, 2.45) is 0 Å². The minimum absolute atomic E-state index is 0.322. The van der Waals surface area contributed by atoms with Crippen LogP contribution in [0.25, 0.3) is 0 Å². The maximum Gasteiger partial charge on any atom is 0.272 e. The molecule has 0 bridgehead atoms. The second-order valence-electron chi connectivity index (χ2n) is 6.98. The van der Waals surface area contributed by atoms with Crippen molar-refractivity contribution in [3.63, 3.8) is 0 Å². The topological polar surface area (TPSA) is 86.7 Å². The van der Waals surface area contributed by atoms with Crippen LogP contribution in [0.4, 0.5) is 0 Å². The third-order valence-corrected chi connectivity index (χ3v) is 8.85. The fourth-order valence-corrected chi connectivity index (χ4v) is 3.89. The average molecular weight is 373 g/mol. The summed E-state index contributed by atoms with van der Waals surface area (Å²) in [4.78, 5) is 0. The van der Waals surface area contributed by atoms with Crippen molar-refractivity contribution in [2.45, 2.75) is 96.4 Å². The lowest BCUT2D eigenvalue weighted by Gasteiger charge is -2.30. The first-order chi connectivity index (χ1) is 10.2. The third kappa shape index (κ3) is 5.41. The number of rotatable bonds is 10.